The summed E-state index contributed by atoms with van der Waals surface area (Å²) < 4.78 is 38.5. The molecule has 8 heteroatoms. The molecule has 3 atom stereocenters. The molecule has 0 amide bonds. The van der Waals surface area contributed by atoms with Crippen LogP contribution in [0.5, 0.6) is 0 Å². The van der Waals surface area contributed by atoms with Gasteiger partial charge in [-0.3, -0.25) is 5.01 Å². The van der Waals surface area contributed by atoms with Crippen molar-refractivity contribution < 1.29 is 18.3 Å². The van der Waals surface area contributed by atoms with Crippen LogP contribution in [-0.4, -0.2) is 29.2 Å². The molecule has 3 aliphatic rings. The van der Waals surface area contributed by atoms with Crippen LogP contribution in [0.4, 0.5) is 13.2 Å². The SMILES string of the molecule is CN1C=C([C@@H]2CC(O)(c3ccc(C(F)(F)F)cc3)C[C@H](C3CC3)N2)NN1. The van der Waals surface area contributed by atoms with E-state index in [4.69, 9.17) is 0 Å². The van der Waals surface area contributed by atoms with Crippen molar-refractivity contribution in [2.45, 2.75) is 49.5 Å². The van der Waals surface area contributed by atoms with Crippen molar-refractivity contribution in [3.05, 3.63) is 47.3 Å². The van der Waals surface area contributed by atoms with Crippen molar-refractivity contribution in [2.75, 3.05) is 7.05 Å². The van der Waals surface area contributed by atoms with Gasteiger partial charge in [-0.25, -0.2) is 0 Å². The average Bonchev–Trinajstić information content (AvgIpc) is 3.35. The van der Waals surface area contributed by atoms with E-state index in [1.165, 1.54) is 12.1 Å². The minimum atomic E-state index is -4.37. The predicted octanol–water partition coefficient (Wildman–Crippen LogP) is 2.22. The first-order valence-electron chi connectivity index (χ1n) is 8.87. The molecule has 2 aliphatic heterocycles. The second-order valence-electron chi connectivity index (χ2n) is 7.61. The van der Waals surface area contributed by atoms with Gasteiger partial charge in [-0.1, -0.05) is 12.1 Å². The van der Waals surface area contributed by atoms with Gasteiger partial charge in [-0.05, 0) is 42.9 Å². The third kappa shape index (κ3) is 3.41. The summed E-state index contributed by atoms with van der Waals surface area (Å²) in [4.78, 5) is 0. The van der Waals surface area contributed by atoms with Crippen molar-refractivity contribution in [1.82, 2.24) is 21.3 Å². The van der Waals surface area contributed by atoms with E-state index in [0.717, 1.165) is 30.7 Å². The van der Waals surface area contributed by atoms with E-state index in [1.54, 1.807) is 5.01 Å². The van der Waals surface area contributed by atoms with Crippen LogP contribution in [0.2, 0.25) is 0 Å². The van der Waals surface area contributed by atoms with Crippen LogP contribution in [0.15, 0.2) is 36.2 Å². The lowest BCUT2D eigenvalue weighted by Gasteiger charge is -2.43. The maximum atomic E-state index is 12.8. The molecule has 0 radical (unpaired) electrons. The number of hydrazine groups is 2. The van der Waals surface area contributed by atoms with Gasteiger partial charge in [0.15, 0.2) is 0 Å². The Balaban J connectivity index is 1.61. The smallest absolute Gasteiger partial charge is 0.385 e. The number of hydrogen-bond acceptors (Lipinski definition) is 5. The monoisotopic (exact) mass is 368 g/mol. The van der Waals surface area contributed by atoms with Crippen molar-refractivity contribution in [2.24, 2.45) is 5.92 Å². The number of rotatable bonds is 3. The molecule has 0 bridgehead atoms. The molecule has 5 nitrogen and oxygen atoms in total. The van der Waals surface area contributed by atoms with E-state index >= 15 is 0 Å². The van der Waals surface area contributed by atoms with Crippen molar-refractivity contribution in [1.29, 1.82) is 0 Å². The second-order valence-corrected chi connectivity index (χ2v) is 7.61. The quantitative estimate of drug-likeness (QED) is 0.659. The van der Waals surface area contributed by atoms with Gasteiger partial charge in [0.05, 0.1) is 22.9 Å². The molecule has 1 saturated heterocycles. The molecule has 1 aliphatic carbocycles. The van der Waals surface area contributed by atoms with Crippen LogP contribution >= 0.6 is 0 Å². The van der Waals surface area contributed by atoms with Gasteiger partial charge in [0.2, 0.25) is 0 Å². The maximum absolute atomic E-state index is 12.8. The van der Waals surface area contributed by atoms with Gasteiger partial charge < -0.3 is 15.8 Å². The zero-order valence-electron chi connectivity index (χ0n) is 14.5. The van der Waals surface area contributed by atoms with E-state index in [2.05, 4.69) is 16.3 Å². The number of nitrogens with zero attached hydrogens (tertiary/aromatic N) is 1. The van der Waals surface area contributed by atoms with Crippen LogP contribution in [-0.2, 0) is 11.8 Å². The van der Waals surface area contributed by atoms with Crippen LogP contribution in [0, 0.1) is 5.92 Å². The Hall–Kier alpha value is -1.77. The Kier molecular flexibility index (Phi) is 4.17. The third-order valence-corrected chi connectivity index (χ3v) is 5.54. The summed E-state index contributed by atoms with van der Waals surface area (Å²) in [6, 6.07) is 4.98. The highest BCUT2D eigenvalue weighted by atomic mass is 19.4. The van der Waals surface area contributed by atoms with Crippen molar-refractivity contribution >= 4 is 0 Å². The fraction of sp³-hybridized carbons (Fsp3) is 0.556. The molecular weight excluding hydrogens is 345 g/mol. The molecule has 26 heavy (non-hydrogen) atoms. The largest absolute Gasteiger partial charge is 0.416 e. The van der Waals surface area contributed by atoms with E-state index in [-0.39, 0.29) is 12.1 Å². The molecule has 0 spiro atoms. The zero-order valence-corrected chi connectivity index (χ0v) is 14.5. The zero-order chi connectivity index (χ0) is 18.5. The fourth-order valence-corrected chi connectivity index (χ4v) is 3.97. The Morgan fingerprint density at radius 3 is 2.38 bits per heavy atom. The lowest BCUT2D eigenvalue weighted by Crippen LogP contribution is -2.55. The van der Waals surface area contributed by atoms with Gasteiger partial charge in [-0.2, -0.15) is 13.2 Å². The third-order valence-electron chi connectivity index (χ3n) is 5.54. The summed E-state index contributed by atoms with van der Waals surface area (Å²) in [5.41, 5.74) is 5.66. The first-order chi connectivity index (χ1) is 12.2. The predicted molar refractivity (Wildman–Crippen MR) is 90.1 cm³/mol. The Morgan fingerprint density at radius 2 is 1.85 bits per heavy atom. The number of benzene rings is 1. The summed E-state index contributed by atoms with van der Waals surface area (Å²) in [6.07, 6.45) is 0.700. The van der Waals surface area contributed by atoms with Crippen LogP contribution in [0.3, 0.4) is 0 Å². The fourth-order valence-electron chi connectivity index (χ4n) is 3.97. The topological polar surface area (TPSA) is 59.6 Å². The first kappa shape index (κ1) is 17.6. The number of hydrogen-bond donors (Lipinski definition) is 4. The maximum Gasteiger partial charge on any atom is 0.416 e. The number of piperidine rings is 1. The van der Waals surface area contributed by atoms with E-state index in [1.807, 2.05) is 13.2 Å². The van der Waals surface area contributed by atoms with Gasteiger partial charge in [0.25, 0.3) is 0 Å². The summed E-state index contributed by atoms with van der Waals surface area (Å²) in [6.45, 7) is 0. The average molecular weight is 368 g/mol. The van der Waals surface area contributed by atoms with E-state index in [0.29, 0.717) is 24.3 Å². The Morgan fingerprint density at radius 1 is 1.15 bits per heavy atom. The second kappa shape index (κ2) is 6.14. The molecule has 4 N–H and O–H groups in total. The van der Waals surface area contributed by atoms with Gasteiger partial charge in [-0.15, -0.1) is 5.53 Å². The van der Waals surface area contributed by atoms with E-state index < -0.39 is 17.3 Å². The van der Waals surface area contributed by atoms with Gasteiger partial charge in [0.1, 0.15) is 0 Å². The Bertz CT molecular complexity index is 701. The van der Waals surface area contributed by atoms with Crippen LogP contribution in [0.25, 0.3) is 0 Å². The molecule has 2 fully saturated rings. The summed E-state index contributed by atoms with van der Waals surface area (Å²) in [5, 5.41) is 16.8. The Labute approximate surface area is 150 Å². The highest BCUT2D eigenvalue weighted by molar-refractivity contribution is 5.31. The van der Waals surface area contributed by atoms with Gasteiger partial charge in [0, 0.05) is 25.7 Å². The van der Waals surface area contributed by atoms with Crippen molar-refractivity contribution in [3.8, 4) is 0 Å². The van der Waals surface area contributed by atoms with Crippen molar-refractivity contribution in [3.63, 3.8) is 0 Å². The van der Waals surface area contributed by atoms with E-state index in [9.17, 15) is 18.3 Å². The van der Waals surface area contributed by atoms with Crippen LogP contribution in [0.1, 0.15) is 36.8 Å². The number of halogens is 3. The number of alkyl halides is 3. The molecule has 4 rings (SSSR count). The summed E-state index contributed by atoms with van der Waals surface area (Å²) in [7, 11) is 1.86. The molecular formula is C18H23F3N4O. The van der Waals surface area contributed by atoms with Gasteiger partial charge >= 0.3 is 6.18 Å². The molecule has 1 unspecified atom stereocenters. The molecule has 1 aromatic carbocycles. The minimum Gasteiger partial charge on any atom is -0.385 e. The van der Waals surface area contributed by atoms with Crippen LogP contribution < -0.4 is 16.3 Å². The highest BCUT2D eigenvalue weighted by Crippen LogP contribution is 2.44. The molecule has 2 heterocycles. The molecule has 1 saturated carbocycles. The first-order valence-corrected chi connectivity index (χ1v) is 8.87. The summed E-state index contributed by atoms with van der Waals surface area (Å²) in [5.74, 6) is 0.520. The number of nitrogens with one attached hydrogen (secondary N) is 3. The summed E-state index contributed by atoms with van der Waals surface area (Å²) >= 11 is 0. The lowest BCUT2D eigenvalue weighted by molar-refractivity contribution is -0.137. The standard InChI is InChI=1S/C18H23F3N4O/c1-25-10-16(23-24-25)15-9-17(26,8-14(22-15)11-2-3-11)12-4-6-13(7-5-12)18(19,20)21/h4-7,10-11,14-15,22-24,26H,2-3,8-9H2,1H3/t14-,15+,17?/m1/s1. The molecule has 0 aromatic heterocycles. The highest BCUT2D eigenvalue weighted by Gasteiger charge is 2.46. The molecule has 1 aromatic rings. The minimum absolute atomic E-state index is 0.0981. The normalized spacial score (nSPS) is 32.3. The molecule has 142 valence electrons. The number of aliphatic hydroxyl groups is 1. The lowest BCUT2D eigenvalue weighted by atomic mass is 9.76.